The van der Waals surface area contributed by atoms with Gasteiger partial charge in [-0.15, -0.1) is 10.2 Å². The van der Waals surface area contributed by atoms with Crippen LogP contribution in [0, 0.1) is 0 Å². The van der Waals surface area contributed by atoms with Crippen LogP contribution >= 0.6 is 34.8 Å². The zero-order valence-corrected chi connectivity index (χ0v) is 18.4. The Bertz CT molecular complexity index is 1190. The Morgan fingerprint density at radius 3 is 2.37 bits per heavy atom. The van der Waals surface area contributed by atoms with Gasteiger partial charge in [-0.05, 0) is 47.5 Å². The second kappa shape index (κ2) is 8.72. The van der Waals surface area contributed by atoms with Crippen LogP contribution in [0.1, 0.15) is 30.2 Å². The molecule has 5 nitrogen and oxygen atoms in total. The molecule has 1 unspecified atom stereocenters. The maximum Gasteiger partial charge on any atom is 0.253 e. The first-order chi connectivity index (χ1) is 14.4. The van der Waals surface area contributed by atoms with Gasteiger partial charge in [0.1, 0.15) is 5.75 Å². The van der Waals surface area contributed by atoms with Crippen LogP contribution in [0.25, 0.3) is 10.8 Å². The number of rotatable bonds is 6. The Morgan fingerprint density at radius 2 is 1.63 bits per heavy atom. The zero-order chi connectivity index (χ0) is 21.3. The Hall–Kier alpha value is -2.47. The summed E-state index contributed by atoms with van der Waals surface area (Å²) in [6, 6.07) is 15.3. The fourth-order valence-electron chi connectivity index (χ4n) is 3.08. The molecule has 0 N–H and O–H groups in total. The summed E-state index contributed by atoms with van der Waals surface area (Å²) in [4.78, 5) is 0. The molecule has 3 aromatic carbocycles. The molecule has 154 valence electrons. The van der Waals surface area contributed by atoms with Crippen molar-refractivity contribution in [2.75, 3.05) is 7.11 Å². The molecule has 30 heavy (non-hydrogen) atoms. The smallest absolute Gasteiger partial charge is 0.253 e. The molecule has 1 heterocycles. The molecule has 4 aromatic rings. The number of aromatic nitrogens is 2. The van der Waals surface area contributed by atoms with Gasteiger partial charge in [0, 0.05) is 5.02 Å². The first-order valence-corrected chi connectivity index (χ1v) is 10.3. The molecule has 1 atom stereocenters. The summed E-state index contributed by atoms with van der Waals surface area (Å²) in [6.07, 6.45) is 0. The molecule has 0 fully saturated rings. The number of hydrogen-bond donors (Lipinski definition) is 0. The average Bonchev–Trinajstić information content (AvgIpc) is 3.20. The first-order valence-electron chi connectivity index (χ1n) is 9.12. The second-order valence-corrected chi connectivity index (χ2v) is 7.97. The third-order valence-corrected chi connectivity index (χ3v) is 5.51. The number of methoxy groups -OCH3 is 1. The summed E-state index contributed by atoms with van der Waals surface area (Å²) in [7, 11) is 1.66. The SMILES string of the molecule is COc1ccc2cc(C(C)c3nnc(COc4c(Cl)cc(Cl)cc4Cl)o3)ccc2c1. The van der Waals surface area contributed by atoms with E-state index in [4.69, 9.17) is 48.7 Å². The number of ether oxygens (including phenoxy) is 2. The monoisotopic (exact) mass is 462 g/mol. The van der Waals surface area contributed by atoms with E-state index in [1.807, 2.05) is 31.2 Å². The van der Waals surface area contributed by atoms with Crippen LogP contribution in [0.5, 0.6) is 11.5 Å². The average molecular weight is 464 g/mol. The molecule has 4 rings (SSSR count). The van der Waals surface area contributed by atoms with E-state index in [1.54, 1.807) is 19.2 Å². The van der Waals surface area contributed by atoms with Crippen LogP contribution in [0.3, 0.4) is 0 Å². The second-order valence-electron chi connectivity index (χ2n) is 6.72. The number of nitrogens with zero attached hydrogens (tertiary/aromatic N) is 2. The van der Waals surface area contributed by atoms with Gasteiger partial charge in [0.2, 0.25) is 5.89 Å². The van der Waals surface area contributed by atoms with Crippen molar-refractivity contribution in [1.29, 1.82) is 0 Å². The minimum atomic E-state index is -0.0829. The van der Waals surface area contributed by atoms with Gasteiger partial charge in [-0.25, -0.2) is 0 Å². The van der Waals surface area contributed by atoms with E-state index in [1.165, 1.54) is 0 Å². The molecule has 1 aromatic heterocycles. The summed E-state index contributed by atoms with van der Waals surface area (Å²) in [5.41, 5.74) is 1.06. The lowest BCUT2D eigenvalue weighted by Gasteiger charge is -2.10. The van der Waals surface area contributed by atoms with E-state index >= 15 is 0 Å². The Morgan fingerprint density at radius 1 is 0.933 bits per heavy atom. The van der Waals surface area contributed by atoms with Crippen molar-refractivity contribution in [1.82, 2.24) is 10.2 Å². The van der Waals surface area contributed by atoms with Gasteiger partial charge in [-0.2, -0.15) is 0 Å². The first kappa shape index (κ1) is 20.8. The van der Waals surface area contributed by atoms with Gasteiger partial charge >= 0.3 is 0 Å². The number of benzene rings is 3. The van der Waals surface area contributed by atoms with Crippen LogP contribution in [0.4, 0.5) is 0 Å². The van der Waals surface area contributed by atoms with Gasteiger partial charge in [0.05, 0.1) is 23.1 Å². The minimum absolute atomic E-state index is 0.0400. The van der Waals surface area contributed by atoms with Crippen LogP contribution in [-0.2, 0) is 6.61 Å². The third kappa shape index (κ3) is 4.33. The lowest BCUT2D eigenvalue weighted by Crippen LogP contribution is -1.97. The van der Waals surface area contributed by atoms with Crippen LogP contribution < -0.4 is 9.47 Å². The summed E-state index contributed by atoms with van der Waals surface area (Å²) in [5.74, 6) is 1.88. The maximum atomic E-state index is 6.14. The largest absolute Gasteiger partial charge is 0.497 e. The number of hydrogen-bond acceptors (Lipinski definition) is 5. The third-order valence-electron chi connectivity index (χ3n) is 4.73. The highest BCUT2D eigenvalue weighted by molar-refractivity contribution is 6.40. The molecule has 8 heteroatoms. The van der Waals surface area contributed by atoms with Gasteiger partial charge in [-0.1, -0.05) is 59.1 Å². The summed E-state index contributed by atoms with van der Waals surface area (Å²) in [5, 5.41) is 11.5. The fraction of sp³-hybridized carbons (Fsp3) is 0.182. The Balaban J connectivity index is 1.50. The van der Waals surface area contributed by atoms with Crippen LogP contribution in [0.15, 0.2) is 52.9 Å². The van der Waals surface area contributed by atoms with Gasteiger partial charge in [-0.3, -0.25) is 0 Å². The van der Waals surface area contributed by atoms with Crippen LogP contribution in [0.2, 0.25) is 15.1 Å². The van der Waals surface area contributed by atoms with Gasteiger partial charge in [0.15, 0.2) is 12.4 Å². The normalized spacial score (nSPS) is 12.2. The highest BCUT2D eigenvalue weighted by Gasteiger charge is 2.18. The molecule has 0 amide bonds. The van der Waals surface area contributed by atoms with E-state index in [0.29, 0.717) is 32.6 Å². The van der Waals surface area contributed by atoms with E-state index in [9.17, 15) is 0 Å². The molecule has 0 aliphatic heterocycles. The van der Waals surface area contributed by atoms with E-state index in [2.05, 4.69) is 22.3 Å². The van der Waals surface area contributed by atoms with Crippen molar-refractivity contribution in [3.05, 3.63) is 80.9 Å². The number of fused-ring (bicyclic) bond motifs is 1. The quantitative estimate of drug-likeness (QED) is 0.310. The van der Waals surface area contributed by atoms with Crippen molar-refractivity contribution in [2.45, 2.75) is 19.4 Å². The summed E-state index contributed by atoms with van der Waals surface area (Å²) < 4.78 is 16.7. The van der Waals surface area contributed by atoms with Gasteiger partial charge in [0.25, 0.3) is 5.89 Å². The molecule has 0 radical (unpaired) electrons. The van der Waals surface area contributed by atoms with Crippen LogP contribution in [-0.4, -0.2) is 17.3 Å². The van der Waals surface area contributed by atoms with E-state index in [0.717, 1.165) is 22.1 Å². The summed E-state index contributed by atoms with van der Waals surface area (Å²) >= 11 is 18.2. The lowest BCUT2D eigenvalue weighted by molar-refractivity contribution is 0.258. The minimum Gasteiger partial charge on any atom is -0.497 e. The van der Waals surface area contributed by atoms with Crippen molar-refractivity contribution < 1.29 is 13.9 Å². The molecule has 0 spiro atoms. The molecule has 0 bridgehead atoms. The Labute approximate surface area is 188 Å². The number of halogens is 3. The van der Waals surface area contributed by atoms with Crippen molar-refractivity contribution in [3.63, 3.8) is 0 Å². The summed E-state index contributed by atoms with van der Waals surface area (Å²) in [6.45, 7) is 2.05. The topological polar surface area (TPSA) is 57.4 Å². The standard InChI is InChI=1S/C22H17Cl3N2O3/c1-12(13-3-4-15-8-17(28-2)6-5-14(15)7-13)22-27-26-20(30-22)11-29-21-18(24)9-16(23)10-19(21)25/h3-10,12H,11H2,1-2H3. The van der Waals surface area contributed by atoms with Crippen molar-refractivity contribution >= 4 is 45.6 Å². The highest BCUT2D eigenvalue weighted by Crippen LogP contribution is 2.36. The maximum absolute atomic E-state index is 6.14. The van der Waals surface area contributed by atoms with Gasteiger partial charge < -0.3 is 13.9 Å². The van der Waals surface area contributed by atoms with E-state index in [-0.39, 0.29) is 12.5 Å². The molecular formula is C22H17Cl3N2O3. The predicted molar refractivity (Wildman–Crippen MR) is 118 cm³/mol. The van der Waals surface area contributed by atoms with Crippen molar-refractivity contribution in [2.24, 2.45) is 0 Å². The molecular weight excluding hydrogens is 447 g/mol. The zero-order valence-electron chi connectivity index (χ0n) is 16.2. The van der Waals surface area contributed by atoms with Crippen molar-refractivity contribution in [3.8, 4) is 11.5 Å². The lowest BCUT2D eigenvalue weighted by atomic mass is 9.97. The fourth-order valence-corrected chi connectivity index (χ4v) is 4.01. The van der Waals surface area contributed by atoms with E-state index < -0.39 is 0 Å². The Kier molecular flexibility index (Phi) is 6.04. The molecule has 0 aliphatic carbocycles. The highest BCUT2D eigenvalue weighted by atomic mass is 35.5. The molecule has 0 saturated heterocycles. The predicted octanol–water partition coefficient (Wildman–Crippen LogP) is 6.92. The molecule has 0 aliphatic rings. The molecule has 0 saturated carbocycles.